The molecular weight excluding hydrogens is 316 g/mol. The predicted octanol–water partition coefficient (Wildman–Crippen LogP) is 4.02. The van der Waals surface area contributed by atoms with E-state index >= 15 is 0 Å². The quantitative estimate of drug-likeness (QED) is 0.740. The van der Waals surface area contributed by atoms with Gasteiger partial charge in [0.15, 0.2) is 5.76 Å². The van der Waals surface area contributed by atoms with Crippen molar-refractivity contribution in [1.29, 1.82) is 0 Å². The number of hydrogen-bond donors (Lipinski definition) is 2. The van der Waals surface area contributed by atoms with E-state index in [9.17, 15) is 9.59 Å². The molecule has 3 aromatic rings. The largest absolute Gasteiger partial charge is 0.459 e. The summed E-state index contributed by atoms with van der Waals surface area (Å²) in [4.78, 5) is 24.3. The fourth-order valence-corrected chi connectivity index (χ4v) is 2.41. The average Bonchev–Trinajstić information content (AvgIpc) is 3.13. The highest BCUT2D eigenvalue weighted by atomic mass is 16.3. The molecule has 0 fully saturated rings. The molecule has 25 heavy (non-hydrogen) atoms. The van der Waals surface area contributed by atoms with E-state index in [1.165, 1.54) is 6.26 Å². The van der Waals surface area contributed by atoms with Gasteiger partial charge in [0.05, 0.1) is 12.7 Å². The summed E-state index contributed by atoms with van der Waals surface area (Å²) in [5.74, 6) is -0.213. The van der Waals surface area contributed by atoms with E-state index < -0.39 is 0 Å². The van der Waals surface area contributed by atoms with Crippen LogP contribution < -0.4 is 10.6 Å². The van der Waals surface area contributed by atoms with Crippen molar-refractivity contribution in [3.63, 3.8) is 0 Å². The van der Waals surface area contributed by atoms with E-state index in [1.54, 1.807) is 24.3 Å². The number of aryl methyl sites for hydroxylation is 1. The first-order valence-corrected chi connectivity index (χ1v) is 7.91. The molecule has 126 valence electrons. The zero-order chi connectivity index (χ0) is 17.6. The number of hydrogen-bond acceptors (Lipinski definition) is 3. The first-order chi connectivity index (χ1) is 12.1. The molecule has 1 aromatic heterocycles. The number of nitrogens with one attached hydrogen (secondary N) is 2. The van der Waals surface area contributed by atoms with Crippen LogP contribution in [0.4, 0.5) is 11.4 Å². The Balaban J connectivity index is 1.69. The lowest BCUT2D eigenvalue weighted by Crippen LogP contribution is -2.16. The van der Waals surface area contributed by atoms with Gasteiger partial charge < -0.3 is 15.1 Å². The standard InChI is InChI=1S/C20H18N2O3/c1-14-9-10-16(21-20(24)18-8-5-11-25-18)13-17(14)22-19(23)12-15-6-3-2-4-7-15/h2-11,13H,12H2,1H3,(H,21,24)(H,22,23). The van der Waals surface area contributed by atoms with Crippen molar-refractivity contribution in [3.05, 3.63) is 83.8 Å². The number of carbonyl (C=O) groups is 2. The van der Waals surface area contributed by atoms with Crippen molar-refractivity contribution in [2.45, 2.75) is 13.3 Å². The molecule has 2 amide bonds. The van der Waals surface area contributed by atoms with E-state index in [0.29, 0.717) is 17.8 Å². The van der Waals surface area contributed by atoms with Gasteiger partial charge in [-0.15, -0.1) is 0 Å². The van der Waals surface area contributed by atoms with Crippen LogP contribution in [0.5, 0.6) is 0 Å². The number of rotatable bonds is 5. The van der Waals surface area contributed by atoms with Crippen LogP contribution in [0.1, 0.15) is 21.7 Å². The molecule has 1 heterocycles. The highest BCUT2D eigenvalue weighted by molar-refractivity contribution is 6.03. The smallest absolute Gasteiger partial charge is 0.291 e. The van der Waals surface area contributed by atoms with Gasteiger partial charge in [-0.1, -0.05) is 36.4 Å². The predicted molar refractivity (Wildman–Crippen MR) is 96.6 cm³/mol. The van der Waals surface area contributed by atoms with E-state index in [0.717, 1.165) is 11.1 Å². The molecule has 0 spiro atoms. The molecule has 0 aliphatic rings. The molecule has 3 rings (SSSR count). The van der Waals surface area contributed by atoms with Gasteiger partial charge in [0.2, 0.25) is 5.91 Å². The van der Waals surface area contributed by atoms with Gasteiger partial charge in [-0.2, -0.15) is 0 Å². The van der Waals surface area contributed by atoms with Crippen LogP contribution in [0.15, 0.2) is 71.3 Å². The zero-order valence-electron chi connectivity index (χ0n) is 13.8. The van der Waals surface area contributed by atoms with Crippen LogP contribution in [0.2, 0.25) is 0 Å². The Hall–Kier alpha value is -3.34. The van der Waals surface area contributed by atoms with Crippen molar-refractivity contribution in [1.82, 2.24) is 0 Å². The molecule has 2 aromatic carbocycles. The molecule has 0 unspecified atom stereocenters. The Labute approximate surface area is 145 Å². The van der Waals surface area contributed by atoms with Crippen LogP contribution in [-0.2, 0) is 11.2 Å². The minimum atomic E-state index is -0.338. The molecule has 5 nitrogen and oxygen atoms in total. The maximum atomic E-state index is 12.2. The van der Waals surface area contributed by atoms with Crippen LogP contribution >= 0.6 is 0 Å². The topological polar surface area (TPSA) is 71.3 Å². The Morgan fingerprint density at radius 3 is 2.48 bits per heavy atom. The summed E-state index contributed by atoms with van der Waals surface area (Å²) in [7, 11) is 0. The van der Waals surface area contributed by atoms with Crippen molar-refractivity contribution in [2.75, 3.05) is 10.6 Å². The fourth-order valence-electron chi connectivity index (χ4n) is 2.41. The Bertz CT molecular complexity index is 871. The summed E-state index contributed by atoms with van der Waals surface area (Å²) in [5.41, 5.74) is 3.11. The van der Waals surface area contributed by atoms with Gasteiger partial charge in [-0.3, -0.25) is 9.59 Å². The van der Waals surface area contributed by atoms with Crippen molar-refractivity contribution < 1.29 is 14.0 Å². The van der Waals surface area contributed by atoms with Gasteiger partial charge in [0.1, 0.15) is 0 Å². The lowest BCUT2D eigenvalue weighted by molar-refractivity contribution is -0.115. The van der Waals surface area contributed by atoms with E-state index in [4.69, 9.17) is 4.42 Å². The van der Waals surface area contributed by atoms with Crippen LogP contribution in [0.25, 0.3) is 0 Å². The maximum absolute atomic E-state index is 12.2. The maximum Gasteiger partial charge on any atom is 0.291 e. The zero-order valence-corrected chi connectivity index (χ0v) is 13.8. The third-order valence-electron chi connectivity index (χ3n) is 3.72. The highest BCUT2D eigenvalue weighted by Gasteiger charge is 2.11. The molecule has 0 radical (unpaired) electrons. The van der Waals surface area contributed by atoms with Crippen molar-refractivity contribution in [3.8, 4) is 0 Å². The lowest BCUT2D eigenvalue weighted by atomic mass is 10.1. The summed E-state index contributed by atoms with van der Waals surface area (Å²) in [6.45, 7) is 1.90. The number of anilines is 2. The second-order valence-electron chi connectivity index (χ2n) is 5.67. The molecule has 5 heteroatoms. The molecule has 0 bridgehead atoms. The number of carbonyl (C=O) groups excluding carboxylic acids is 2. The minimum absolute atomic E-state index is 0.108. The summed E-state index contributed by atoms with van der Waals surface area (Å²) >= 11 is 0. The normalized spacial score (nSPS) is 10.3. The van der Waals surface area contributed by atoms with Gasteiger partial charge in [0, 0.05) is 11.4 Å². The molecule has 2 N–H and O–H groups in total. The van der Waals surface area contributed by atoms with Crippen molar-refractivity contribution in [2.24, 2.45) is 0 Å². The van der Waals surface area contributed by atoms with E-state index in [1.807, 2.05) is 43.3 Å². The molecule has 0 saturated carbocycles. The first-order valence-electron chi connectivity index (χ1n) is 7.91. The Morgan fingerprint density at radius 2 is 1.76 bits per heavy atom. The fraction of sp³-hybridized carbons (Fsp3) is 0.100. The Morgan fingerprint density at radius 1 is 0.960 bits per heavy atom. The SMILES string of the molecule is Cc1ccc(NC(=O)c2ccco2)cc1NC(=O)Cc1ccccc1. The Kier molecular flexibility index (Phi) is 4.95. The van der Waals surface area contributed by atoms with Gasteiger partial charge >= 0.3 is 0 Å². The first kappa shape index (κ1) is 16.5. The van der Waals surface area contributed by atoms with Gasteiger partial charge in [0.25, 0.3) is 5.91 Å². The lowest BCUT2D eigenvalue weighted by Gasteiger charge is -2.11. The molecule has 0 aliphatic heterocycles. The second-order valence-corrected chi connectivity index (χ2v) is 5.67. The highest BCUT2D eigenvalue weighted by Crippen LogP contribution is 2.21. The van der Waals surface area contributed by atoms with Crippen molar-refractivity contribution >= 4 is 23.2 Å². The van der Waals surface area contributed by atoms with Gasteiger partial charge in [-0.25, -0.2) is 0 Å². The molecule has 0 atom stereocenters. The number of furan rings is 1. The van der Waals surface area contributed by atoms with Crippen LogP contribution in [0, 0.1) is 6.92 Å². The average molecular weight is 334 g/mol. The molecule has 0 saturated heterocycles. The third-order valence-corrected chi connectivity index (χ3v) is 3.72. The summed E-state index contributed by atoms with van der Waals surface area (Å²) in [5, 5.41) is 5.64. The van der Waals surface area contributed by atoms with Crippen LogP contribution in [-0.4, -0.2) is 11.8 Å². The van der Waals surface area contributed by atoms with Crippen LogP contribution in [0.3, 0.4) is 0 Å². The summed E-state index contributed by atoms with van der Waals surface area (Å²) < 4.78 is 5.07. The summed E-state index contributed by atoms with van der Waals surface area (Å²) in [6.07, 6.45) is 1.74. The minimum Gasteiger partial charge on any atom is -0.459 e. The number of benzene rings is 2. The summed E-state index contributed by atoms with van der Waals surface area (Å²) in [6, 6.07) is 18.1. The van der Waals surface area contributed by atoms with E-state index in [-0.39, 0.29) is 17.6 Å². The van der Waals surface area contributed by atoms with Gasteiger partial charge in [-0.05, 0) is 42.3 Å². The monoisotopic (exact) mass is 334 g/mol. The third kappa shape index (κ3) is 4.35. The number of amides is 2. The van der Waals surface area contributed by atoms with E-state index in [2.05, 4.69) is 10.6 Å². The second kappa shape index (κ2) is 7.49. The molecule has 0 aliphatic carbocycles. The molecular formula is C20H18N2O3.